The van der Waals surface area contributed by atoms with Crippen molar-refractivity contribution in [2.75, 3.05) is 33.8 Å². The first-order valence-corrected chi connectivity index (χ1v) is 36.8. The van der Waals surface area contributed by atoms with Gasteiger partial charge in [0.2, 0.25) is 82.7 Å². The van der Waals surface area contributed by atoms with Crippen LogP contribution in [0.15, 0.2) is 30.5 Å². The number of cyclic esters (lactones) is 1. The van der Waals surface area contributed by atoms with Crippen LogP contribution in [0.5, 0.6) is 0 Å². The lowest BCUT2D eigenvalue weighted by Gasteiger charge is -2.32. The van der Waals surface area contributed by atoms with Gasteiger partial charge in [0.1, 0.15) is 72.6 Å². The second-order valence-electron chi connectivity index (χ2n) is 27.8. The number of aliphatic hydroxyl groups is 1. The van der Waals surface area contributed by atoms with Crippen LogP contribution in [0.3, 0.4) is 0 Å². The number of likely N-dealkylation sites (N-methyl/N-ethyl adjacent to an activating group) is 1. The Morgan fingerprint density at radius 2 is 1.20 bits per heavy atom. The second-order valence-corrected chi connectivity index (χ2v) is 27.8. The minimum Gasteiger partial charge on any atom is -0.481 e. The predicted octanol–water partition coefficient (Wildman–Crippen LogP) is -5.08. The van der Waals surface area contributed by atoms with E-state index < -0.39 is 248 Å². The van der Waals surface area contributed by atoms with Gasteiger partial charge in [-0.3, -0.25) is 81.5 Å². The van der Waals surface area contributed by atoms with Crippen molar-refractivity contribution in [1.82, 2.24) is 73.7 Å². The molecule has 1 fully saturated rings. The molecule has 628 valence electrons. The number of aliphatic carboxylic acids is 4. The van der Waals surface area contributed by atoms with E-state index in [1.165, 1.54) is 13.8 Å². The number of carbonyl (C=O) groups excluding carboxylic acids is 15. The molecular formula is C71H108N16O26. The zero-order valence-electron chi connectivity index (χ0n) is 64.5. The number of aliphatic hydroxyl groups excluding tert-OH is 1. The highest BCUT2D eigenvalue weighted by molar-refractivity contribution is 6.02. The first-order valence-electron chi connectivity index (χ1n) is 36.8. The molecule has 2 aromatic rings. The normalized spacial score (nSPS) is 22.2. The van der Waals surface area contributed by atoms with Gasteiger partial charge in [0.05, 0.1) is 19.5 Å². The molecule has 42 heteroatoms. The first-order chi connectivity index (χ1) is 53.1. The SMILES string of the molecule is CCC(C)C1NC(=O)C(CCC(=O)O)NC(=O)C(C)NC(=O)CNC(=O)C(C(OC)C(=O)O)NC(=O)C(CCCCN)NC(=O)C(CC(=O)O)NC(=O)C(C)NC(=O)CN(C)C(=O)C(NC(=O)C(NC(=O)C(CCC(=O)O)NC(=O)C(Cc2c[nH]c3ccccc23)NC(=O)CCCCCCC(C)C)C(O)C(N)=O)C(C)OC1=O. The Morgan fingerprint density at radius 1 is 0.628 bits per heavy atom. The number of benzene rings is 1. The number of unbranched alkanes of at least 4 members (excludes halogenated alkanes) is 4. The van der Waals surface area contributed by atoms with Crippen molar-refractivity contribution in [3.63, 3.8) is 0 Å². The Labute approximate surface area is 650 Å². The number of hydrogen-bond acceptors (Lipinski definition) is 23. The Morgan fingerprint density at radius 3 is 1.79 bits per heavy atom. The van der Waals surface area contributed by atoms with E-state index in [1.54, 1.807) is 30.5 Å². The highest BCUT2D eigenvalue weighted by Crippen LogP contribution is 2.21. The van der Waals surface area contributed by atoms with E-state index in [2.05, 4.69) is 82.6 Å². The predicted molar refractivity (Wildman–Crippen MR) is 395 cm³/mol. The molecule has 113 heavy (non-hydrogen) atoms. The van der Waals surface area contributed by atoms with Gasteiger partial charge in [-0.1, -0.05) is 78.0 Å². The number of carboxylic acids is 4. The molecule has 1 aromatic carbocycles. The number of methoxy groups -OCH3 is 1. The number of carboxylic acid groups (broad SMARTS) is 4. The van der Waals surface area contributed by atoms with Crippen LogP contribution in [0, 0.1) is 11.8 Å². The van der Waals surface area contributed by atoms with Crippen molar-refractivity contribution >= 4 is 123 Å². The summed E-state index contributed by atoms with van der Waals surface area (Å²) >= 11 is 0. The number of esters is 1. The molecule has 1 saturated heterocycles. The van der Waals surface area contributed by atoms with Crippen LogP contribution in [-0.2, 0) is 107 Å². The van der Waals surface area contributed by atoms with E-state index in [0.717, 1.165) is 54.2 Å². The third-order valence-electron chi connectivity index (χ3n) is 18.2. The topological polar surface area (TPSA) is 659 Å². The molecule has 0 radical (unpaired) electrons. The van der Waals surface area contributed by atoms with Crippen molar-refractivity contribution in [1.29, 1.82) is 0 Å². The summed E-state index contributed by atoms with van der Waals surface area (Å²) in [5, 5.41) is 78.4. The zero-order chi connectivity index (χ0) is 85.1. The number of H-pyrrole nitrogens is 1. The van der Waals surface area contributed by atoms with Crippen molar-refractivity contribution in [2.45, 2.75) is 236 Å². The largest absolute Gasteiger partial charge is 0.481 e. The molecule has 42 nitrogen and oxygen atoms in total. The van der Waals surface area contributed by atoms with Crippen LogP contribution < -0.4 is 75.3 Å². The van der Waals surface area contributed by atoms with Gasteiger partial charge in [-0.15, -0.1) is 0 Å². The van der Waals surface area contributed by atoms with Crippen LogP contribution in [0.4, 0.5) is 0 Å². The number of carbonyl (C=O) groups is 19. The maximum absolute atomic E-state index is 14.9. The molecule has 2 heterocycles. The number of aromatic amines is 1. The summed E-state index contributed by atoms with van der Waals surface area (Å²) in [5.41, 5.74) is 12.4. The standard InChI is InChI=1S/C71H108N16O26/c1-10-35(4)53-71(111)113-38(7)54(84-68(107)55(57(97)59(73)98)85-64(103)44(25-27-51(93)94)81-65(104)45(29-39-31-74-41-21-16-15-20-40(39)41)78-47(88)23-14-12-11-13-19-34(2)3)69(108)87(8)33-49(90)77-37(6)61(100)82-46(30-52(95)96)66(105)80-42(22-17-18-28-72)62(101)86-56(58(112-9)70(109)110)67(106)75-32-48(89)76-36(5)60(99)79-43(63(102)83-53)24-26-50(91)92/h15-16,20-21,31,34-38,42-46,53-58,74,97H,10-14,17-19,22-30,32-33,72H2,1-9H3,(H2,73,98)(H,75,106)(H,76,89)(H,77,90)(H,78,88)(H,79,99)(H,80,105)(H,81,104)(H,82,100)(H,83,102)(H,84,107)(H,85,103)(H,86,101)(H,91,92)(H,93,94)(H,95,96)(H,109,110). The van der Waals surface area contributed by atoms with Crippen molar-refractivity contribution in [2.24, 2.45) is 23.3 Å². The summed E-state index contributed by atoms with van der Waals surface area (Å²) in [5.74, 6) is -26.6. The lowest BCUT2D eigenvalue weighted by atomic mass is 9.98. The summed E-state index contributed by atoms with van der Waals surface area (Å²) < 4.78 is 10.7. The quantitative estimate of drug-likeness (QED) is 0.0227. The van der Waals surface area contributed by atoms with Gasteiger partial charge in [0.15, 0.2) is 12.2 Å². The molecule has 0 saturated carbocycles. The maximum atomic E-state index is 14.9. The number of aromatic nitrogens is 1. The van der Waals surface area contributed by atoms with Crippen LogP contribution >= 0.6 is 0 Å². The van der Waals surface area contributed by atoms with E-state index in [9.17, 15) is 117 Å². The number of ether oxygens (including phenoxy) is 2. The number of nitrogens with two attached hydrogens (primary N) is 2. The van der Waals surface area contributed by atoms with E-state index in [0.29, 0.717) is 40.1 Å². The van der Waals surface area contributed by atoms with Crippen LogP contribution in [0.1, 0.15) is 150 Å². The van der Waals surface area contributed by atoms with Crippen LogP contribution in [0.2, 0.25) is 0 Å². The molecule has 15 unspecified atom stereocenters. The molecule has 15 atom stereocenters. The van der Waals surface area contributed by atoms with E-state index >= 15 is 0 Å². The molecular weight excluding hydrogens is 1490 g/mol. The van der Waals surface area contributed by atoms with Crippen molar-refractivity contribution in [3.8, 4) is 0 Å². The number of nitrogens with one attached hydrogen (secondary N) is 13. The highest BCUT2D eigenvalue weighted by atomic mass is 16.5. The first kappa shape index (κ1) is 95.8. The lowest BCUT2D eigenvalue weighted by molar-refractivity contribution is -0.159. The molecule has 14 amide bonds. The molecule has 1 aromatic heterocycles. The average Bonchev–Trinajstić information content (AvgIpc) is 1.75. The number of fused-ring (bicyclic) bond motifs is 1. The Hall–Kier alpha value is -11.4. The maximum Gasteiger partial charge on any atom is 0.335 e. The van der Waals surface area contributed by atoms with Gasteiger partial charge in [-0.25, -0.2) is 9.59 Å². The Bertz CT molecular complexity index is 3720. The molecule has 0 bridgehead atoms. The summed E-state index contributed by atoms with van der Waals surface area (Å²) in [4.78, 5) is 263. The smallest absolute Gasteiger partial charge is 0.335 e. The Balaban J connectivity index is 2.24. The molecule has 3 rings (SSSR count). The number of amides is 14. The van der Waals surface area contributed by atoms with Gasteiger partial charge in [-0.05, 0) is 89.3 Å². The van der Waals surface area contributed by atoms with E-state index in [1.807, 2.05) is 0 Å². The third-order valence-corrected chi connectivity index (χ3v) is 18.2. The van der Waals surface area contributed by atoms with Crippen LogP contribution in [-0.4, -0.2) is 267 Å². The molecule has 0 aliphatic carbocycles. The monoisotopic (exact) mass is 1600 g/mol. The fourth-order valence-electron chi connectivity index (χ4n) is 11.6. The fraction of sp³-hybridized carbons (Fsp3) is 0.620. The minimum absolute atomic E-state index is 0.0166. The molecule has 0 spiro atoms. The number of rotatable bonds is 35. The summed E-state index contributed by atoms with van der Waals surface area (Å²) in [6.45, 7) is 8.01. The minimum atomic E-state index is -2.78. The van der Waals surface area contributed by atoms with E-state index in [4.69, 9.17) is 20.9 Å². The third kappa shape index (κ3) is 32.4. The van der Waals surface area contributed by atoms with Gasteiger partial charge in [0.25, 0.3) is 0 Å². The van der Waals surface area contributed by atoms with Gasteiger partial charge in [-0.2, -0.15) is 0 Å². The summed E-state index contributed by atoms with van der Waals surface area (Å²) in [7, 11) is 1.75. The highest BCUT2D eigenvalue weighted by Gasteiger charge is 2.43. The number of primary amides is 1. The fourth-order valence-corrected chi connectivity index (χ4v) is 11.6. The molecule has 1 aliphatic rings. The summed E-state index contributed by atoms with van der Waals surface area (Å²) in [6.07, 6.45) is -6.25. The molecule has 1 aliphatic heterocycles. The molecule has 22 N–H and O–H groups in total. The van der Waals surface area contributed by atoms with E-state index in [-0.39, 0.29) is 45.1 Å². The van der Waals surface area contributed by atoms with Crippen molar-refractivity contribution < 1.29 is 126 Å². The lowest BCUT2D eigenvalue weighted by Crippen LogP contribution is -2.64. The van der Waals surface area contributed by atoms with Crippen LogP contribution in [0.25, 0.3) is 10.9 Å². The number of hydrogen-bond donors (Lipinski definition) is 20. The van der Waals surface area contributed by atoms with Crippen molar-refractivity contribution in [3.05, 3.63) is 36.0 Å². The van der Waals surface area contributed by atoms with Gasteiger partial charge >= 0.3 is 29.8 Å². The number of para-hydroxylation sites is 1. The second kappa shape index (κ2) is 47.7. The number of nitrogens with zero attached hydrogens (tertiary/aromatic N) is 1. The average molecular weight is 1600 g/mol. The summed E-state index contributed by atoms with van der Waals surface area (Å²) in [6, 6.07) is -14.7. The van der Waals surface area contributed by atoms with Gasteiger partial charge in [0, 0.05) is 56.9 Å². The zero-order valence-corrected chi connectivity index (χ0v) is 64.5. The Kier molecular flexibility index (Phi) is 40.4. The van der Waals surface area contributed by atoms with Gasteiger partial charge < -0.3 is 120 Å².